The number of ether oxygens (including phenoxy) is 2. The van der Waals surface area contributed by atoms with Crippen molar-refractivity contribution in [2.24, 2.45) is 5.10 Å². The van der Waals surface area contributed by atoms with E-state index in [0.29, 0.717) is 11.6 Å². The van der Waals surface area contributed by atoms with Crippen molar-refractivity contribution in [3.8, 4) is 11.5 Å². The van der Waals surface area contributed by atoms with Crippen LogP contribution in [0.5, 0.6) is 11.5 Å². The summed E-state index contributed by atoms with van der Waals surface area (Å²) in [6.45, 7) is 0. The normalized spacial score (nSPS) is 11.2. The first-order valence-electron chi connectivity index (χ1n) is 10.2. The second kappa shape index (κ2) is 11.8. The van der Waals surface area contributed by atoms with Crippen LogP contribution in [0.2, 0.25) is 10.0 Å². The molecule has 0 fully saturated rings. The molecule has 3 rings (SSSR count). The van der Waals surface area contributed by atoms with Crippen LogP contribution in [0.3, 0.4) is 0 Å². The number of rotatable bonds is 6. The Balaban J connectivity index is 1.64. The number of alkyl halides is 3. The van der Waals surface area contributed by atoms with E-state index in [9.17, 15) is 27.6 Å². The van der Waals surface area contributed by atoms with Gasteiger partial charge < -0.3 is 14.8 Å². The highest BCUT2D eigenvalue weighted by molar-refractivity contribution is 6.41. The summed E-state index contributed by atoms with van der Waals surface area (Å²) in [4.78, 5) is 36.4. The Morgan fingerprint density at radius 3 is 2.32 bits per heavy atom. The zero-order chi connectivity index (χ0) is 27.2. The molecule has 192 valence electrons. The van der Waals surface area contributed by atoms with Crippen molar-refractivity contribution in [2.75, 3.05) is 12.4 Å². The van der Waals surface area contributed by atoms with E-state index in [-0.39, 0.29) is 27.1 Å². The predicted molar refractivity (Wildman–Crippen MR) is 130 cm³/mol. The lowest BCUT2D eigenvalue weighted by Crippen LogP contribution is -2.32. The van der Waals surface area contributed by atoms with Crippen LogP contribution in [0, 0.1) is 0 Å². The van der Waals surface area contributed by atoms with E-state index in [2.05, 4.69) is 5.10 Å². The van der Waals surface area contributed by atoms with E-state index in [1.165, 1.54) is 37.4 Å². The number of nitrogens with zero attached hydrogens (tertiary/aromatic N) is 1. The van der Waals surface area contributed by atoms with Crippen LogP contribution in [-0.4, -0.2) is 31.1 Å². The molecule has 3 aromatic carbocycles. The third kappa shape index (κ3) is 7.21. The fraction of sp³-hybridized carbons (Fsp3) is 0.0833. The molecule has 0 unspecified atom stereocenters. The van der Waals surface area contributed by atoms with Crippen molar-refractivity contribution < 1.29 is 37.0 Å². The summed E-state index contributed by atoms with van der Waals surface area (Å²) in [6, 6.07) is 12.9. The lowest BCUT2D eigenvalue weighted by atomic mass is 10.2. The van der Waals surface area contributed by atoms with E-state index in [4.69, 9.17) is 32.7 Å². The molecular formula is C24H16Cl2F3N3O5. The van der Waals surface area contributed by atoms with Gasteiger partial charge in [0.25, 0.3) is 0 Å². The van der Waals surface area contributed by atoms with Gasteiger partial charge in [-0.1, -0.05) is 35.3 Å². The molecule has 0 spiro atoms. The predicted octanol–water partition coefficient (Wildman–Crippen LogP) is 5.33. The molecule has 0 radical (unpaired) electrons. The molecule has 0 saturated heterocycles. The van der Waals surface area contributed by atoms with E-state index < -0.39 is 35.2 Å². The molecule has 0 saturated carbocycles. The summed E-state index contributed by atoms with van der Waals surface area (Å²) < 4.78 is 49.1. The summed E-state index contributed by atoms with van der Waals surface area (Å²) in [5.41, 5.74) is 1.03. The summed E-state index contributed by atoms with van der Waals surface area (Å²) in [6.07, 6.45) is -3.51. The highest BCUT2D eigenvalue weighted by Gasteiger charge is 2.31. The van der Waals surface area contributed by atoms with Gasteiger partial charge in [0.1, 0.15) is 0 Å². The Labute approximate surface area is 218 Å². The molecule has 0 atom stereocenters. The number of esters is 1. The van der Waals surface area contributed by atoms with Crippen molar-refractivity contribution in [3.63, 3.8) is 0 Å². The zero-order valence-electron chi connectivity index (χ0n) is 18.7. The maximum Gasteiger partial charge on any atom is 0.416 e. The molecule has 0 aliphatic rings. The second-order valence-corrected chi connectivity index (χ2v) is 7.94. The van der Waals surface area contributed by atoms with Crippen LogP contribution in [0.1, 0.15) is 21.5 Å². The third-order valence-corrected chi connectivity index (χ3v) is 5.27. The van der Waals surface area contributed by atoms with Gasteiger partial charge in [-0.05, 0) is 54.1 Å². The van der Waals surface area contributed by atoms with Crippen molar-refractivity contribution in [1.82, 2.24) is 5.43 Å². The van der Waals surface area contributed by atoms with E-state index in [1.54, 1.807) is 12.1 Å². The minimum Gasteiger partial charge on any atom is -0.493 e. The number of methoxy groups -OCH3 is 1. The molecule has 0 aliphatic carbocycles. The van der Waals surface area contributed by atoms with Crippen molar-refractivity contribution >= 4 is 52.9 Å². The Hall–Kier alpha value is -4.09. The van der Waals surface area contributed by atoms with Gasteiger partial charge in [-0.3, -0.25) is 9.59 Å². The van der Waals surface area contributed by atoms with Crippen molar-refractivity contribution in [2.45, 2.75) is 6.18 Å². The van der Waals surface area contributed by atoms with Crippen molar-refractivity contribution in [3.05, 3.63) is 87.4 Å². The lowest BCUT2D eigenvalue weighted by molar-refractivity contribution is -0.137. The molecule has 0 aliphatic heterocycles. The van der Waals surface area contributed by atoms with Crippen LogP contribution in [0.4, 0.5) is 18.9 Å². The largest absolute Gasteiger partial charge is 0.493 e. The topological polar surface area (TPSA) is 106 Å². The van der Waals surface area contributed by atoms with Crippen LogP contribution in [-0.2, 0) is 15.8 Å². The number of carbonyl (C=O) groups is 3. The Bertz CT molecular complexity index is 1380. The van der Waals surface area contributed by atoms with Gasteiger partial charge in [0, 0.05) is 0 Å². The fourth-order valence-corrected chi connectivity index (χ4v) is 3.20. The summed E-state index contributed by atoms with van der Waals surface area (Å²) >= 11 is 11.8. The number of hydrogen-bond donors (Lipinski definition) is 2. The van der Waals surface area contributed by atoms with Gasteiger partial charge in [-0.25, -0.2) is 10.2 Å². The lowest BCUT2D eigenvalue weighted by Gasteiger charge is -2.11. The zero-order valence-corrected chi connectivity index (χ0v) is 20.2. The SMILES string of the molecule is COc1cc(/C=N/NC(=O)C(=O)Nc2cc(C(F)(F)F)ccc2Cl)ccc1OC(=O)c1ccccc1Cl. The monoisotopic (exact) mass is 553 g/mol. The number of nitrogens with one attached hydrogen (secondary N) is 2. The van der Waals surface area contributed by atoms with Gasteiger partial charge >= 0.3 is 24.0 Å². The molecule has 0 aromatic heterocycles. The molecule has 37 heavy (non-hydrogen) atoms. The minimum absolute atomic E-state index is 0.0888. The highest BCUT2D eigenvalue weighted by atomic mass is 35.5. The molecule has 2 N–H and O–H groups in total. The molecule has 3 aromatic rings. The van der Waals surface area contributed by atoms with Gasteiger partial charge in [-0.2, -0.15) is 18.3 Å². The van der Waals surface area contributed by atoms with E-state index in [0.717, 1.165) is 18.3 Å². The number of hydrogen-bond acceptors (Lipinski definition) is 6. The summed E-state index contributed by atoms with van der Waals surface area (Å²) in [5.74, 6) is -3.01. The molecule has 8 nitrogen and oxygen atoms in total. The highest BCUT2D eigenvalue weighted by Crippen LogP contribution is 2.34. The molecule has 0 bridgehead atoms. The molecule has 13 heteroatoms. The number of anilines is 1. The van der Waals surface area contributed by atoms with Crippen molar-refractivity contribution in [1.29, 1.82) is 0 Å². The van der Waals surface area contributed by atoms with Crippen LogP contribution < -0.4 is 20.2 Å². The minimum atomic E-state index is -4.67. The smallest absolute Gasteiger partial charge is 0.416 e. The molecule has 0 heterocycles. The van der Waals surface area contributed by atoms with Gasteiger partial charge in [0.15, 0.2) is 11.5 Å². The average molecular weight is 554 g/mol. The number of carbonyl (C=O) groups excluding carboxylic acids is 3. The third-order valence-electron chi connectivity index (χ3n) is 4.61. The first-order valence-corrected chi connectivity index (χ1v) is 10.9. The Morgan fingerprint density at radius 2 is 1.65 bits per heavy atom. The first kappa shape index (κ1) is 27.5. The average Bonchev–Trinajstić information content (AvgIpc) is 2.85. The second-order valence-electron chi connectivity index (χ2n) is 7.13. The van der Waals surface area contributed by atoms with Gasteiger partial charge in [0.05, 0.1) is 40.2 Å². The Kier molecular flexibility index (Phi) is 8.74. The number of benzene rings is 3. The number of amides is 2. The van der Waals surface area contributed by atoms with Crippen LogP contribution >= 0.6 is 23.2 Å². The number of halogens is 5. The summed E-state index contributed by atoms with van der Waals surface area (Å²) in [5, 5.41) is 5.65. The fourth-order valence-electron chi connectivity index (χ4n) is 2.82. The Morgan fingerprint density at radius 1 is 0.919 bits per heavy atom. The molecular weight excluding hydrogens is 538 g/mol. The number of hydrazone groups is 1. The van der Waals surface area contributed by atoms with Crippen LogP contribution in [0.25, 0.3) is 0 Å². The van der Waals surface area contributed by atoms with E-state index in [1.807, 2.05) is 10.7 Å². The van der Waals surface area contributed by atoms with E-state index >= 15 is 0 Å². The van der Waals surface area contributed by atoms with Gasteiger partial charge in [0.2, 0.25) is 0 Å². The summed E-state index contributed by atoms with van der Waals surface area (Å²) in [7, 11) is 1.34. The van der Waals surface area contributed by atoms with Gasteiger partial charge in [-0.15, -0.1) is 0 Å². The quantitative estimate of drug-likeness (QED) is 0.141. The molecule has 2 amide bonds. The van der Waals surface area contributed by atoms with Crippen LogP contribution in [0.15, 0.2) is 65.8 Å². The maximum atomic E-state index is 12.9. The first-order chi connectivity index (χ1) is 17.5. The maximum absolute atomic E-state index is 12.9. The standard InChI is InChI=1S/C24H16Cl2F3N3O5/c1-36-20-10-13(6-9-19(20)37-23(35)15-4-2-3-5-16(15)25)12-30-32-22(34)21(33)31-18-11-14(24(27,28)29)7-8-17(18)26/h2-12H,1H3,(H,31,33)(H,32,34)/b30-12+.